The molecule has 66 valence electrons. The lowest BCUT2D eigenvalue weighted by molar-refractivity contribution is -0.141. The highest BCUT2D eigenvalue weighted by Crippen LogP contribution is 2.29. The number of aromatic nitrogens is 2. The molecule has 0 unspecified atom stereocenters. The smallest absolute Gasteiger partial charge is 0.213 e. The molecule has 0 bridgehead atoms. The van der Waals surface area contributed by atoms with Crippen LogP contribution >= 0.6 is 27.5 Å². The molecule has 0 radical (unpaired) electrons. The Morgan fingerprint density at radius 1 is 1.33 bits per heavy atom. The summed E-state index contributed by atoms with van der Waals surface area (Å²) in [7, 11) is 0. The van der Waals surface area contributed by atoms with Crippen molar-refractivity contribution in [2.75, 3.05) is 0 Å². The molecule has 0 aromatic carbocycles. The Labute approximate surface area is 78.9 Å². The van der Waals surface area contributed by atoms with Crippen molar-refractivity contribution in [3.63, 3.8) is 0 Å². The molecular weight excluding hydrogens is 260 g/mol. The molecule has 0 N–H and O–H groups in total. The van der Waals surface area contributed by atoms with Crippen molar-refractivity contribution in [2.45, 2.75) is 6.18 Å². The number of halogens is 5. The molecule has 7 heteroatoms. The van der Waals surface area contributed by atoms with Gasteiger partial charge in [0.25, 0.3) is 0 Å². The van der Waals surface area contributed by atoms with Gasteiger partial charge in [0.05, 0.1) is 0 Å². The second-order valence-electron chi connectivity index (χ2n) is 1.84. The third-order valence-electron chi connectivity index (χ3n) is 0.958. The van der Waals surface area contributed by atoms with Gasteiger partial charge in [-0.15, -0.1) is 0 Å². The zero-order valence-electron chi connectivity index (χ0n) is 5.36. The van der Waals surface area contributed by atoms with Crippen molar-refractivity contribution in [3.05, 3.63) is 21.6 Å². The number of rotatable bonds is 0. The predicted octanol–water partition coefficient (Wildman–Crippen LogP) is 2.91. The van der Waals surface area contributed by atoms with E-state index in [-0.39, 0.29) is 4.60 Å². The Balaban J connectivity index is 3.18. The molecule has 0 amide bonds. The molecular formula is C5HBrClF3N2. The lowest BCUT2D eigenvalue weighted by Gasteiger charge is -2.04. The Morgan fingerprint density at radius 2 is 1.92 bits per heavy atom. The maximum Gasteiger partial charge on any atom is 0.433 e. The van der Waals surface area contributed by atoms with E-state index in [2.05, 4.69) is 25.9 Å². The minimum atomic E-state index is -4.49. The Hall–Kier alpha value is -0.360. The lowest BCUT2D eigenvalue weighted by atomic mass is 10.4. The van der Waals surface area contributed by atoms with Crippen LogP contribution in [0, 0.1) is 0 Å². The third kappa shape index (κ3) is 2.31. The summed E-state index contributed by atoms with van der Waals surface area (Å²) in [5, 5.41) is -0.434. The topological polar surface area (TPSA) is 25.8 Å². The normalized spacial score (nSPS) is 11.8. The van der Waals surface area contributed by atoms with E-state index in [9.17, 15) is 13.2 Å². The van der Waals surface area contributed by atoms with E-state index >= 15 is 0 Å². The van der Waals surface area contributed by atoms with E-state index in [4.69, 9.17) is 11.6 Å². The molecule has 0 spiro atoms. The molecule has 1 heterocycles. The van der Waals surface area contributed by atoms with Gasteiger partial charge in [-0.05, 0) is 27.5 Å². The van der Waals surface area contributed by atoms with Crippen molar-refractivity contribution in [2.24, 2.45) is 0 Å². The Kier molecular flexibility index (Phi) is 2.58. The van der Waals surface area contributed by atoms with Gasteiger partial charge in [-0.25, -0.2) is 9.97 Å². The largest absolute Gasteiger partial charge is 0.433 e. The third-order valence-corrected chi connectivity index (χ3v) is 1.53. The lowest BCUT2D eigenvalue weighted by Crippen LogP contribution is -2.08. The van der Waals surface area contributed by atoms with E-state index in [0.29, 0.717) is 0 Å². The highest BCUT2D eigenvalue weighted by molar-refractivity contribution is 9.10. The molecule has 0 atom stereocenters. The predicted molar refractivity (Wildman–Crippen MR) is 39.7 cm³/mol. The summed E-state index contributed by atoms with van der Waals surface area (Å²) in [6, 6.07) is 0.756. The van der Waals surface area contributed by atoms with Crippen molar-refractivity contribution in [1.82, 2.24) is 9.97 Å². The number of hydrogen-bond acceptors (Lipinski definition) is 2. The SMILES string of the molecule is FC(F)(F)c1cc(Br)nc(Cl)n1. The fourth-order valence-electron chi connectivity index (χ4n) is 0.535. The minimum Gasteiger partial charge on any atom is -0.213 e. The molecule has 0 saturated carbocycles. The molecule has 0 aliphatic heterocycles. The highest BCUT2D eigenvalue weighted by atomic mass is 79.9. The second kappa shape index (κ2) is 3.18. The summed E-state index contributed by atoms with van der Waals surface area (Å²) < 4.78 is 35.9. The first-order valence-electron chi connectivity index (χ1n) is 2.67. The first-order chi connectivity index (χ1) is 5.39. The van der Waals surface area contributed by atoms with E-state index in [1.807, 2.05) is 0 Å². The van der Waals surface area contributed by atoms with Crippen LogP contribution in [0.4, 0.5) is 13.2 Å². The Morgan fingerprint density at radius 3 is 2.33 bits per heavy atom. The number of nitrogens with zero attached hydrogens (tertiary/aromatic N) is 2. The van der Waals surface area contributed by atoms with Crippen LogP contribution in [0.3, 0.4) is 0 Å². The maximum absolute atomic E-state index is 12.0. The fourth-order valence-corrected chi connectivity index (χ4v) is 1.20. The molecule has 2 nitrogen and oxygen atoms in total. The van der Waals surface area contributed by atoms with E-state index in [1.165, 1.54) is 0 Å². The molecule has 1 rings (SSSR count). The minimum absolute atomic E-state index is 0.00910. The molecule has 0 fully saturated rings. The van der Waals surface area contributed by atoms with E-state index in [0.717, 1.165) is 6.07 Å². The summed E-state index contributed by atoms with van der Waals surface area (Å²) in [6.07, 6.45) is -4.49. The summed E-state index contributed by atoms with van der Waals surface area (Å²) in [5.74, 6) is 0. The van der Waals surface area contributed by atoms with E-state index < -0.39 is 17.2 Å². The first-order valence-corrected chi connectivity index (χ1v) is 3.84. The van der Waals surface area contributed by atoms with Crippen molar-refractivity contribution in [1.29, 1.82) is 0 Å². The van der Waals surface area contributed by atoms with Crippen LogP contribution in [-0.4, -0.2) is 9.97 Å². The molecule has 1 aromatic rings. The van der Waals surface area contributed by atoms with Gasteiger partial charge in [0.15, 0.2) is 5.69 Å². The van der Waals surface area contributed by atoms with Gasteiger partial charge < -0.3 is 0 Å². The van der Waals surface area contributed by atoms with Gasteiger partial charge in [0.2, 0.25) is 5.28 Å². The van der Waals surface area contributed by atoms with Crippen LogP contribution in [0.25, 0.3) is 0 Å². The van der Waals surface area contributed by atoms with Crippen LogP contribution in [0.2, 0.25) is 5.28 Å². The molecule has 0 aliphatic rings. The first kappa shape index (κ1) is 9.73. The quantitative estimate of drug-likeness (QED) is 0.530. The van der Waals surface area contributed by atoms with Gasteiger partial charge in [-0.2, -0.15) is 13.2 Å². The summed E-state index contributed by atoms with van der Waals surface area (Å²) >= 11 is 7.97. The van der Waals surface area contributed by atoms with Crippen molar-refractivity contribution >= 4 is 27.5 Å². The highest BCUT2D eigenvalue weighted by Gasteiger charge is 2.33. The van der Waals surface area contributed by atoms with Gasteiger partial charge >= 0.3 is 6.18 Å². The summed E-state index contributed by atoms with van der Waals surface area (Å²) in [4.78, 5) is 6.42. The standard InChI is InChI=1S/C5HBrClF3N2/c6-3-1-2(5(8,9)10)11-4(7)12-3/h1H. The monoisotopic (exact) mass is 260 g/mol. The zero-order chi connectivity index (χ0) is 9.35. The average Bonchev–Trinajstić information content (AvgIpc) is 1.82. The van der Waals surface area contributed by atoms with Crippen LogP contribution in [-0.2, 0) is 6.18 Å². The maximum atomic E-state index is 12.0. The van der Waals surface area contributed by atoms with Crippen molar-refractivity contribution < 1.29 is 13.2 Å². The van der Waals surface area contributed by atoms with Gasteiger partial charge in [-0.3, -0.25) is 0 Å². The van der Waals surface area contributed by atoms with Crippen LogP contribution in [0.1, 0.15) is 5.69 Å². The van der Waals surface area contributed by atoms with Crippen molar-refractivity contribution in [3.8, 4) is 0 Å². The summed E-state index contributed by atoms with van der Waals surface area (Å²) in [5.41, 5.74) is -1.06. The average molecular weight is 261 g/mol. The molecule has 1 aromatic heterocycles. The van der Waals surface area contributed by atoms with Crippen LogP contribution in [0.15, 0.2) is 10.7 Å². The fraction of sp³-hybridized carbons (Fsp3) is 0.200. The Bertz CT molecular complexity index is 281. The molecule has 0 aliphatic carbocycles. The molecule has 12 heavy (non-hydrogen) atoms. The number of alkyl halides is 3. The van der Waals surface area contributed by atoms with Gasteiger partial charge in [0.1, 0.15) is 4.60 Å². The summed E-state index contributed by atoms with van der Waals surface area (Å²) in [6.45, 7) is 0. The van der Waals surface area contributed by atoms with E-state index in [1.54, 1.807) is 0 Å². The van der Waals surface area contributed by atoms with Gasteiger partial charge in [-0.1, -0.05) is 0 Å². The number of hydrogen-bond donors (Lipinski definition) is 0. The molecule has 0 saturated heterocycles. The van der Waals surface area contributed by atoms with Gasteiger partial charge in [0, 0.05) is 6.07 Å². The van der Waals surface area contributed by atoms with Crippen LogP contribution in [0.5, 0.6) is 0 Å². The van der Waals surface area contributed by atoms with Crippen LogP contribution < -0.4 is 0 Å². The second-order valence-corrected chi connectivity index (χ2v) is 2.99. The zero-order valence-corrected chi connectivity index (χ0v) is 7.70.